The molecule has 0 saturated heterocycles. The van der Waals surface area contributed by atoms with Crippen molar-refractivity contribution in [2.45, 2.75) is 44.4 Å². The van der Waals surface area contributed by atoms with Crippen LogP contribution in [0.15, 0.2) is 21.1 Å². The molecule has 19 heavy (non-hydrogen) atoms. The van der Waals surface area contributed by atoms with Crippen LogP contribution in [0.25, 0.3) is 0 Å². The van der Waals surface area contributed by atoms with Gasteiger partial charge in [0.1, 0.15) is 0 Å². The van der Waals surface area contributed by atoms with Gasteiger partial charge in [-0.25, -0.2) is 8.78 Å². The second-order valence-electron chi connectivity index (χ2n) is 5.64. The maximum absolute atomic E-state index is 14.5. The smallest absolute Gasteiger partial charge is 0.205 e. The summed E-state index contributed by atoms with van der Waals surface area (Å²) in [6, 6.07) is 3.62. The minimum Gasteiger partial charge on any atom is -0.205 e. The lowest BCUT2D eigenvalue weighted by atomic mass is 9.77. The third-order valence-electron chi connectivity index (χ3n) is 3.98. The first-order valence-electron chi connectivity index (χ1n) is 5.58. The summed E-state index contributed by atoms with van der Waals surface area (Å²) in [5, 5.41) is 0. The Morgan fingerprint density at radius 2 is 1.11 bits per heavy atom. The molecular weight excluding hydrogens is 418 g/mol. The van der Waals surface area contributed by atoms with Crippen molar-refractivity contribution in [2.24, 2.45) is 0 Å². The van der Waals surface area contributed by atoms with Gasteiger partial charge in [0, 0.05) is 31.3 Å². The molecule has 0 saturated carbocycles. The molecule has 0 bridgehead atoms. The molecule has 0 aliphatic heterocycles. The van der Waals surface area contributed by atoms with Gasteiger partial charge in [-0.3, -0.25) is 0 Å². The molecule has 6 heteroatoms. The maximum atomic E-state index is 14.5. The summed E-state index contributed by atoms with van der Waals surface area (Å²) in [5.41, 5.74) is -0.838. The molecule has 0 unspecified atom stereocenters. The van der Waals surface area contributed by atoms with E-state index in [0.717, 1.165) is 20.1 Å². The number of hydrogen-bond acceptors (Lipinski definition) is 2. The number of hydrogen-bond donors (Lipinski definition) is 0. The molecule has 0 heterocycles. The number of halogens is 4. The van der Waals surface area contributed by atoms with Crippen molar-refractivity contribution in [3.63, 3.8) is 0 Å². The molecule has 0 atom stereocenters. The number of benzene rings is 1. The summed E-state index contributed by atoms with van der Waals surface area (Å²) in [7, 11) is 0. The van der Waals surface area contributed by atoms with E-state index < -0.39 is 16.8 Å². The fourth-order valence-corrected chi connectivity index (χ4v) is 3.39. The standard InChI is InChI=1S/C13H14Br2F2.S2/c1-11(2)7-5-9(14)10(15)6-8(7)12(3,4)13(11,16)17;1-2/h5-6H,1-4H3;. The Hall–Kier alpha value is 0.480. The zero-order chi connectivity index (χ0) is 15.2. The highest BCUT2D eigenvalue weighted by Crippen LogP contribution is 2.60. The normalized spacial score (nSPS) is 21.3. The summed E-state index contributed by atoms with van der Waals surface area (Å²) in [6.45, 7) is 6.45. The Morgan fingerprint density at radius 1 is 0.842 bits per heavy atom. The molecule has 0 spiro atoms. The summed E-state index contributed by atoms with van der Waals surface area (Å²) >= 11 is 14.1. The molecule has 0 N–H and O–H groups in total. The van der Waals surface area contributed by atoms with Crippen molar-refractivity contribution in [3.05, 3.63) is 32.2 Å². The van der Waals surface area contributed by atoms with Crippen LogP contribution in [0.2, 0.25) is 0 Å². The third kappa shape index (κ3) is 2.32. The summed E-state index contributed by atoms with van der Waals surface area (Å²) in [5.74, 6) is -2.76. The predicted molar refractivity (Wildman–Crippen MR) is 87.6 cm³/mol. The second kappa shape index (κ2) is 5.35. The molecule has 0 fully saturated rings. The van der Waals surface area contributed by atoms with Gasteiger partial charge < -0.3 is 0 Å². The zero-order valence-electron chi connectivity index (χ0n) is 11.0. The first-order valence-corrected chi connectivity index (χ1v) is 8.50. The van der Waals surface area contributed by atoms with E-state index in [2.05, 4.69) is 54.2 Å². The summed E-state index contributed by atoms with van der Waals surface area (Å²) in [6.07, 6.45) is 0. The molecule has 106 valence electrons. The second-order valence-corrected chi connectivity index (χ2v) is 7.34. The topological polar surface area (TPSA) is 0 Å². The van der Waals surface area contributed by atoms with Crippen LogP contribution in [0.3, 0.4) is 0 Å². The van der Waals surface area contributed by atoms with Gasteiger partial charge in [-0.05, 0) is 82.8 Å². The quantitative estimate of drug-likeness (QED) is 0.538. The molecule has 0 aromatic heterocycles. The van der Waals surface area contributed by atoms with Crippen LogP contribution < -0.4 is 0 Å². The molecular formula is C13H14Br2F2S2. The largest absolute Gasteiger partial charge is 0.266 e. The van der Waals surface area contributed by atoms with Crippen molar-refractivity contribution in [3.8, 4) is 0 Å². The fourth-order valence-electron chi connectivity index (χ4n) is 2.70. The van der Waals surface area contributed by atoms with Crippen LogP contribution in [0.5, 0.6) is 0 Å². The van der Waals surface area contributed by atoms with Gasteiger partial charge in [-0.1, -0.05) is 0 Å². The first-order chi connectivity index (χ1) is 8.53. The highest BCUT2D eigenvalue weighted by atomic mass is 79.9. The van der Waals surface area contributed by atoms with Crippen LogP contribution in [0.1, 0.15) is 38.8 Å². The van der Waals surface area contributed by atoms with Gasteiger partial charge in [-0.2, -0.15) is 0 Å². The number of fused-ring (bicyclic) bond motifs is 1. The predicted octanol–water partition coefficient (Wildman–Crippen LogP) is 5.41. The van der Waals surface area contributed by atoms with E-state index in [1.54, 1.807) is 27.7 Å². The van der Waals surface area contributed by atoms with Crippen LogP contribution >= 0.6 is 31.9 Å². The zero-order valence-corrected chi connectivity index (χ0v) is 15.8. The van der Waals surface area contributed by atoms with Crippen molar-refractivity contribution < 1.29 is 8.78 Å². The van der Waals surface area contributed by atoms with Crippen molar-refractivity contribution in [1.29, 1.82) is 0 Å². The molecule has 0 nitrogen and oxygen atoms in total. The monoisotopic (exact) mass is 430 g/mol. The van der Waals surface area contributed by atoms with Gasteiger partial charge in [-0.15, -0.1) is 0 Å². The van der Waals surface area contributed by atoms with E-state index >= 15 is 0 Å². The van der Waals surface area contributed by atoms with Crippen molar-refractivity contribution in [1.82, 2.24) is 0 Å². The van der Waals surface area contributed by atoms with Gasteiger partial charge in [0.25, 0.3) is 5.92 Å². The lowest BCUT2D eigenvalue weighted by Crippen LogP contribution is -2.46. The Morgan fingerprint density at radius 3 is 1.37 bits per heavy atom. The van der Waals surface area contributed by atoms with E-state index in [0.29, 0.717) is 0 Å². The lowest BCUT2D eigenvalue weighted by Gasteiger charge is -2.35. The van der Waals surface area contributed by atoms with Crippen LogP contribution in [-0.2, 0) is 33.2 Å². The SMILES string of the molecule is CC1(C)c2cc(Br)c(Br)cc2C(C)(C)C1(F)F.S=S. The molecule has 0 amide bonds. The number of rotatable bonds is 0. The van der Waals surface area contributed by atoms with Gasteiger partial charge in [0.05, 0.1) is 10.8 Å². The van der Waals surface area contributed by atoms with Crippen LogP contribution in [0, 0.1) is 0 Å². The molecule has 0 radical (unpaired) electrons. The molecule has 1 aliphatic rings. The van der Waals surface area contributed by atoms with Crippen LogP contribution in [0.4, 0.5) is 8.78 Å². The van der Waals surface area contributed by atoms with E-state index in [1.165, 1.54) is 0 Å². The third-order valence-corrected chi connectivity index (χ3v) is 5.82. The van der Waals surface area contributed by atoms with Gasteiger partial charge in [0.2, 0.25) is 0 Å². The minimum atomic E-state index is -2.76. The Labute approximate surface area is 139 Å². The van der Waals surface area contributed by atoms with E-state index in [4.69, 9.17) is 0 Å². The molecule has 1 aromatic carbocycles. The fraction of sp³-hybridized carbons (Fsp3) is 0.538. The highest BCUT2D eigenvalue weighted by Gasteiger charge is 2.65. The van der Waals surface area contributed by atoms with Crippen molar-refractivity contribution >= 4 is 54.2 Å². The average molecular weight is 432 g/mol. The van der Waals surface area contributed by atoms with Crippen molar-refractivity contribution in [2.75, 3.05) is 0 Å². The maximum Gasteiger partial charge on any atom is 0.266 e. The van der Waals surface area contributed by atoms with Gasteiger partial charge in [0.15, 0.2) is 0 Å². The van der Waals surface area contributed by atoms with Crippen LogP contribution in [-0.4, -0.2) is 5.92 Å². The number of alkyl halides is 2. The first kappa shape index (κ1) is 17.5. The lowest BCUT2D eigenvalue weighted by molar-refractivity contribution is -0.105. The Kier molecular flexibility index (Phi) is 4.94. The van der Waals surface area contributed by atoms with E-state index in [9.17, 15) is 8.78 Å². The summed E-state index contributed by atoms with van der Waals surface area (Å²) < 4.78 is 30.7. The highest BCUT2D eigenvalue weighted by molar-refractivity contribution is 9.13. The Balaban J connectivity index is 0.000000861. The van der Waals surface area contributed by atoms with E-state index in [1.807, 2.05) is 12.1 Å². The molecule has 2 rings (SSSR count). The summed E-state index contributed by atoms with van der Waals surface area (Å²) in [4.78, 5) is 0. The average Bonchev–Trinajstić information content (AvgIpc) is 2.41. The van der Waals surface area contributed by atoms with Gasteiger partial charge >= 0.3 is 0 Å². The van der Waals surface area contributed by atoms with E-state index in [-0.39, 0.29) is 0 Å². The molecule has 1 aliphatic carbocycles. The Bertz CT molecular complexity index is 471. The minimum absolute atomic E-state index is 0.725. The molecule has 1 aromatic rings.